The van der Waals surface area contributed by atoms with Gasteiger partial charge in [-0.1, -0.05) is 0 Å². The Balaban J connectivity index is 2.80. The number of carboxylic acids is 1. The number of nitrogens with two attached hydrogens (primary N) is 1. The summed E-state index contributed by atoms with van der Waals surface area (Å²) in [5.74, 6) is 0.310. The van der Waals surface area contributed by atoms with Gasteiger partial charge in [0.1, 0.15) is 5.82 Å². The van der Waals surface area contributed by atoms with Crippen molar-refractivity contribution in [3.05, 3.63) is 17.8 Å². The topological polar surface area (TPSA) is 88.2 Å². The lowest BCUT2D eigenvalue weighted by Gasteiger charge is -2.08. The Kier molecular flexibility index (Phi) is 4.23. The number of carboxylic acid groups (broad SMARTS) is 1. The number of aromatic carboxylic acids is 1. The predicted molar refractivity (Wildman–Crippen MR) is 62.5 cm³/mol. The van der Waals surface area contributed by atoms with Gasteiger partial charge in [0.15, 0.2) is 0 Å². The van der Waals surface area contributed by atoms with Crippen molar-refractivity contribution in [3.63, 3.8) is 0 Å². The minimum Gasteiger partial charge on any atom is -0.478 e. The van der Waals surface area contributed by atoms with Crippen LogP contribution in [-0.4, -0.2) is 34.6 Å². The number of nitrogens with zero attached hydrogens (tertiary/aromatic N) is 1. The Bertz CT molecular complexity index is 357. The van der Waals surface area contributed by atoms with Crippen molar-refractivity contribution in [2.24, 2.45) is 0 Å². The van der Waals surface area contributed by atoms with E-state index in [1.54, 1.807) is 11.8 Å². The fourth-order valence-corrected chi connectivity index (χ4v) is 1.38. The van der Waals surface area contributed by atoms with Gasteiger partial charge in [-0.3, -0.25) is 0 Å². The number of pyridine rings is 1. The van der Waals surface area contributed by atoms with Gasteiger partial charge >= 0.3 is 5.97 Å². The van der Waals surface area contributed by atoms with Crippen LogP contribution in [0.4, 0.5) is 11.5 Å². The van der Waals surface area contributed by atoms with E-state index in [0.717, 1.165) is 5.75 Å². The smallest absolute Gasteiger partial charge is 0.337 e. The van der Waals surface area contributed by atoms with Crippen LogP contribution >= 0.6 is 11.8 Å². The lowest BCUT2D eigenvalue weighted by molar-refractivity contribution is 0.0698. The molecule has 1 rings (SSSR count). The zero-order valence-electron chi connectivity index (χ0n) is 8.36. The molecule has 0 saturated carbocycles. The molecule has 0 fully saturated rings. The second kappa shape index (κ2) is 5.45. The Morgan fingerprint density at radius 3 is 3.07 bits per heavy atom. The number of nitrogen functional groups attached to an aromatic ring is 1. The van der Waals surface area contributed by atoms with Crippen LogP contribution in [0.15, 0.2) is 12.3 Å². The molecule has 5 nitrogen and oxygen atoms in total. The summed E-state index contributed by atoms with van der Waals surface area (Å²) in [6, 6.07) is 1.39. The molecule has 0 aliphatic carbocycles. The monoisotopic (exact) mass is 227 g/mol. The Hall–Kier alpha value is -1.43. The zero-order chi connectivity index (χ0) is 11.3. The van der Waals surface area contributed by atoms with Crippen molar-refractivity contribution in [1.82, 2.24) is 4.98 Å². The van der Waals surface area contributed by atoms with Gasteiger partial charge < -0.3 is 16.2 Å². The van der Waals surface area contributed by atoms with E-state index in [0.29, 0.717) is 12.4 Å². The first kappa shape index (κ1) is 11.6. The third-order valence-corrected chi connectivity index (χ3v) is 2.43. The number of hydrogen-bond donors (Lipinski definition) is 3. The molecule has 0 amide bonds. The summed E-state index contributed by atoms with van der Waals surface area (Å²) in [7, 11) is 0. The van der Waals surface area contributed by atoms with Crippen LogP contribution in [0.25, 0.3) is 0 Å². The highest BCUT2D eigenvalue weighted by atomic mass is 32.2. The molecular formula is C9H13N3O2S. The number of rotatable bonds is 5. The standard InChI is InChI=1S/C9H13N3O2S/c1-15-5-4-12-8-7(10)6(9(13)14)2-3-11-8/h2-3H,4-5,10H2,1H3,(H,11,12)(H,13,14). The fraction of sp³-hybridized carbons (Fsp3) is 0.333. The summed E-state index contributed by atoms with van der Waals surface area (Å²) in [5, 5.41) is 11.8. The van der Waals surface area contributed by atoms with Crippen molar-refractivity contribution < 1.29 is 9.90 Å². The average Bonchev–Trinajstić information content (AvgIpc) is 2.20. The van der Waals surface area contributed by atoms with Crippen molar-refractivity contribution in [2.45, 2.75) is 0 Å². The molecule has 1 heterocycles. The van der Waals surface area contributed by atoms with E-state index in [9.17, 15) is 4.79 Å². The van der Waals surface area contributed by atoms with Gasteiger partial charge in [-0.15, -0.1) is 0 Å². The van der Waals surface area contributed by atoms with Crippen molar-refractivity contribution in [1.29, 1.82) is 0 Å². The van der Waals surface area contributed by atoms with E-state index in [1.165, 1.54) is 12.3 Å². The molecule has 1 aromatic heterocycles. The second-order valence-electron chi connectivity index (χ2n) is 2.85. The van der Waals surface area contributed by atoms with Gasteiger partial charge in [0.25, 0.3) is 0 Å². The lowest BCUT2D eigenvalue weighted by atomic mass is 10.2. The normalized spacial score (nSPS) is 9.93. The van der Waals surface area contributed by atoms with E-state index in [1.807, 2.05) is 6.26 Å². The molecule has 0 bridgehead atoms. The molecule has 0 saturated heterocycles. The quantitative estimate of drug-likeness (QED) is 0.654. The maximum absolute atomic E-state index is 10.8. The van der Waals surface area contributed by atoms with Crippen molar-refractivity contribution in [3.8, 4) is 0 Å². The van der Waals surface area contributed by atoms with Crippen molar-refractivity contribution >= 4 is 29.2 Å². The number of anilines is 2. The van der Waals surface area contributed by atoms with Crippen LogP contribution in [0.5, 0.6) is 0 Å². The minimum atomic E-state index is -1.04. The van der Waals surface area contributed by atoms with Crippen LogP contribution in [0.2, 0.25) is 0 Å². The molecule has 0 spiro atoms. The third kappa shape index (κ3) is 3.02. The van der Waals surface area contributed by atoms with Gasteiger partial charge in [-0.2, -0.15) is 11.8 Å². The van der Waals surface area contributed by atoms with Gasteiger partial charge in [-0.25, -0.2) is 9.78 Å². The number of nitrogens with one attached hydrogen (secondary N) is 1. The van der Waals surface area contributed by atoms with E-state index in [-0.39, 0.29) is 11.3 Å². The molecule has 6 heteroatoms. The molecule has 1 aromatic rings. The maximum Gasteiger partial charge on any atom is 0.337 e. The number of hydrogen-bond acceptors (Lipinski definition) is 5. The average molecular weight is 227 g/mol. The van der Waals surface area contributed by atoms with Crippen molar-refractivity contribution in [2.75, 3.05) is 29.6 Å². The highest BCUT2D eigenvalue weighted by molar-refractivity contribution is 7.98. The number of carbonyl (C=O) groups is 1. The van der Waals surface area contributed by atoms with Crippen LogP contribution in [-0.2, 0) is 0 Å². The van der Waals surface area contributed by atoms with Gasteiger partial charge in [0.05, 0.1) is 11.3 Å². The third-order valence-electron chi connectivity index (χ3n) is 1.82. The van der Waals surface area contributed by atoms with Crippen LogP contribution < -0.4 is 11.1 Å². The summed E-state index contributed by atoms with van der Waals surface area (Å²) in [4.78, 5) is 14.7. The molecule has 4 N–H and O–H groups in total. The Morgan fingerprint density at radius 2 is 2.47 bits per heavy atom. The molecule has 0 aliphatic heterocycles. The van der Waals surface area contributed by atoms with Crippen LogP contribution in [0.3, 0.4) is 0 Å². The van der Waals surface area contributed by atoms with Crippen LogP contribution in [0, 0.1) is 0 Å². The molecule has 0 unspecified atom stereocenters. The SMILES string of the molecule is CSCCNc1nccc(C(=O)O)c1N. The first-order valence-corrected chi connectivity index (χ1v) is 5.76. The first-order chi connectivity index (χ1) is 7.16. The zero-order valence-corrected chi connectivity index (χ0v) is 9.17. The Labute approximate surface area is 92.1 Å². The highest BCUT2D eigenvalue weighted by Crippen LogP contribution is 2.19. The summed E-state index contributed by atoms with van der Waals surface area (Å²) in [6.45, 7) is 0.710. The summed E-state index contributed by atoms with van der Waals surface area (Å²) < 4.78 is 0. The number of thioether (sulfide) groups is 1. The van der Waals surface area contributed by atoms with E-state index < -0.39 is 5.97 Å². The molecule has 0 radical (unpaired) electrons. The van der Waals surface area contributed by atoms with E-state index in [2.05, 4.69) is 10.3 Å². The molecule has 0 aliphatic rings. The van der Waals surface area contributed by atoms with Gasteiger partial charge in [0.2, 0.25) is 0 Å². The van der Waals surface area contributed by atoms with Crippen LogP contribution in [0.1, 0.15) is 10.4 Å². The molecule has 82 valence electrons. The lowest BCUT2D eigenvalue weighted by Crippen LogP contribution is -2.11. The maximum atomic E-state index is 10.8. The molecule has 0 aromatic carbocycles. The Morgan fingerprint density at radius 1 is 1.73 bits per heavy atom. The predicted octanol–water partition coefficient (Wildman–Crippen LogP) is 1.14. The summed E-state index contributed by atoms with van der Waals surface area (Å²) in [5.41, 5.74) is 5.92. The van der Waals surface area contributed by atoms with E-state index >= 15 is 0 Å². The highest BCUT2D eigenvalue weighted by Gasteiger charge is 2.11. The minimum absolute atomic E-state index is 0.0802. The first-order valence-electron chi connectivity index (χ1n) is 4.37. The largest absolute Gasteiger partial charge is 0.478 e. The summed E-state index contributed by atoms with van der Waals surface area (Å²) in [6.07, 6.45) is 3.42. The molecular weight excluding hydrogens is 214 g/mol. The van der Waals surface area contributed by atoms with Gasteiger partial charge in [0, 0.05) is 18.5 Å². The van der Waals surface area contributed by atoms with Gasteiger partial charge in [-0.05, 0) is 12.3 Å². The number of aromatic nitrogens is 1. The van der Waals surface area contributed by atoms with E-state index in [4.69, 9.17) is 10.8 Å². The summed E-state index contributed by atoms with van der Waals surface area (Å²) >= 11 is 1.69. The molecule has 0 atom stereocenters. The second-order valence-corrected chi connectivity index (χ2v) is 3.83. The molecule has 15 heavy (non-hydrogen) atoms. The fourth-order valence-electron chi connectivity index (χ4n) is 1.07.